The highest BCUT2D eigenvalue weighted by Crippen LogP contribution is 2.35. The van der Waals surface area contributed by atoms with Crippen molar-refractivity contribution in [1.29, 1.82) is 0 Å². The van der Waals surface area contributed by atoms with Crippen molar-refractivity contribution in [3.63, 3.8) is 0 Å². The van der Waals surface area contributed by atoms with E-state index in [1.165, 1.54) is 12.3 Å². The lowest BCUT2D eigenvalue weighted by Crippen LogP contribution is -2.43. The lowest BCUT2D eigenvalue weighted by atomic mass is 9.91. The number of piperidine rings is 1. The van der Waals surface area contributed by atoms with Crippen LogP contribution in [-0.4, -0.2) is 58.4 Å². The van der Waals surface area contributed by atoms with Crippen LogP contribution in [0.4, 0.5) is 13.2 Å². The van der Waals surface area contributed by atoms with E-state index in [-0.39, 0.29) is 11.8 Å². The molecule has 8 heteroatoms. The normalized spacial score (nSPS) is 17.7. The summed E-state index contributed by atoms with van der Waals surface area (Å²) in [6, 6.07) is 5.21. The van der Waals surface area contributed by atoms with Gasteiger partial charge in [-0.2, -0.15) is 13.2 Å². The number of likely N-dealkylation sites (tertiary alicyclic amines) is 1. The molecule has 2 aromatic rings. The van der Waals surface area contributed by atoms with E-state index in [0.717, 1.165) is 31.5 Å². The van der Waals surface area contributed by atoms with Crippen LogP contribution in [0, 0.1) is 0 Å². The minimum atomic E-state index is -4.41. The molecule has 5 nitrogen and oxygen atoms in total. The van der Waals surface area contributed by atoms with Gasteiger partial charge in [-0.15, -0.1) is 0 Å². The minimum absolute atomic E-state index is 0.0153. The van der Waals surface area contributed by atoms with E-state index in [1.54, 1.807) is 17.2 Å². The zero-order chi connectivity index (χ0) is 21.7. The number of hydrogen-bond donors (Lipinski definition) is 0. The SMILES string of the molecule is CCN(CC)C(=O)CN1CCCC(c2nccnc2-c2cccc(C(F)(F)F)c2)C1. The maximum absolute atomic E-state index is 13.2. The largest absolute Gasteiger partial charge is 0.416 e. The lowest BCUT2D eigenvalue weighted by Gasteiger charge is -2.33. The van der Waals surface area contributed by atoms with Crippen molar-refractivity contribution in [2.75, 3.05) is 32.7 Å². The molecule has 1 aromatic carbocycles. The Bertz CT molecular complexity index is 867. The Morgan fingerprint density at radius 3 is 2.63 bits per heavy atom. The molecule has 1 aromatic heterocycles. The Morgan fingerprint density at radius 1 is 1.20 bits per heavy atom. The number of carbonyl (C=O) groups is 1. The van der Waals surface area contributed by atoms with Crippen LogP contribution in [0.25, 0.3) is 11.3 Å². The standard InChI is InChI=1S/C22H27F3N4O/c1-3-29(4-2)19(30)15-28-12-6-8-17(14-28)21-20(26-10-11-27-21)16-7-5-9-18(13-16)22(23,24)25/h5,7,9-11,13,17H,3-4,6,8,12,14-15H2,1-2H3. The van der Waals surface area contributed by atoms with Gasteiger partial charge in [0.1, 0.15) is 0 Å². The summed E-state index contributed by atoms with van der Waals surface area (Å²) in [5, 5.41) is 0. The van der Waals surface area contributed by atoms with E-state index in [4.69, 9.17) is 0 Å². The molecule has 1 saturated heterocycles. The van der Waals surface area contributed by atoms with Gasteiger partial charge in [-0.1, -0.05) is 12.1 Å². The molecule has 1 aliphatic rings. The number of rotatable bonds is 6. The van der Waals surface area contributed by atoms with E-state index >= 15 is 0 Å². The highest BCUT2D eigenvalue weighted by molar-refractivity contribution is 5.78. The van der Waals surface area contributed by atoms with Gasteiger partial charge >= 0.3 is 6.18 Å². The number of alkyl halides is 3. The number of amides is 1. The molecule has 0 N–H and O–H groups in total. The Morgan fingerprint density at radius 2 is 1.93 bits per heavy atom. The topological polar surface area (TPSA) is 49.3 Å². The smallest absolute Gasteiger partial charge is 0.342 e. The maximum atomic E-state index is 13.2. The molecule has 162 valence electrons. The van der Waals surface area contributed by atoms with Crippen LogP contribution >= 0.6 is 0 Å². The van der Waals surface area contributed by atoms with Crippen LogP contribution in [0.15, 0.2) is 36.7 Å². The Labute approximate surface area is 174 Å². The molecule has 0 bridgehead atoms. The van der Waals surface area contributed by atoms with Crippen LogP contribution < -0.4 is 0 Å². The van der Waals surface area contributed by atoms with Crippen LogP contribution in [0.1, 0.15) is 43.9 Å². The quantitative estimate of drug-likeness (QED) is 0.703. The average molecular weight is 420 g/mol. The van der Waals surface area contributed by atoms with Gasteiger partial charge in [0.2, 0.25) is 5.91 Å². The van der Waals surface area contributed by atoms with E-state index in [2.05, 4.69) is 14.9 Å². The van der Waals surface area contributed by atoms with Crippen LogP contribution in [-0.2, 0) is 11.0 Å². The molecule has 2 heterocycles. The molecular formula is C22H27F3N4O. The van der Waals surface area contributed by atoms with Crippen LogP contribution in [0.5, 0.6) is 0 Å². The predicted molar refractivity (Wildman–Crippen MR) is 109 cm³/mol. The van der Waals surface area contributed by atoms with Gasteiger partial charge in [0.05, 0.1) is 23.5 Å². The molecule has 1 fully saturated rings. The molecule has 30 heavy (non-hydrogen) atoms. The van der Waals surface area contributed by atoms with E-state index in [0.29, 0.717) is 43.1 Å². The molecule has 1 unspecified atom stereocenters. The molecule has 3 rings (SSSR count). The minimum Gasteiger partial charge on any atom is -0.342 e. The predicted octanol–water partition coefficient (Wildman–Crippen LogP) is 4.21. The van der Waals surface area contributed by atoms with E-state index in [9.17, 15) is 18.0 Å². The van der Waals surface area contributed by atoms with Crippen molar-refractivity contribution in [1.82, 2.24) is 19.8 Å². The summed E-state index contributed by atoms with van der Waals surface area (Å²) < 4.78 is 39.5. The molecule has 1 amide bonds. The summed E-state index contributed by atoms with van der Waals surface area (Å²) in [5.41, 5.74) is 0.873. The summed E-state index contributed by atoms with van der Waals surface area (Å²) in [6.45, 7) is 7.08. The van der Waals surface area contributed by atoms with Crippen molar-refractivity contribution in [2.45, 2.75) is 38.8 Å². The highest BCUT2D eigenvalue weighted by Gasteiger charge is 2.31. The number of likely N-dealkylation sites (N-methyl/N-ethyl adjacent to an activating group) is 1. The summed E-state index contributed by atoms with van der Waals surface area (Å²) >= 11 is 0. The van der Waals surface area contributed by atoms with Gasteiger partial charge in [-0.05, 0) is 45.4 Å². The summed E-state index contributed by atoms with van der Waals surface area (Å²) in [6.07, 6.45) is 0.427. The second kappa shape index (κ2) is 9.55. The third-order valence-corrected chi connectivity index (χ3v) is 5.56. The fourth-order valence-corrected chi connectivity index (χ4v) is 4.00. The van der Waals surface area contributed by atoms with Gasteiger partial charge in [-0.25, -0.2) is 0 Å². The first-order valence-electron chi connectivity index (χ1n) is 10.3. The average Bonchev–Trinajstić information content (AvgIpc) is 2.74. The van der Waals surface area contributed by atoms with Crippen molar-refractivity contribution >= 4 is 5.91 Å². The number of nitrogens with zero attached hydrogens (tertiary/aromatic N) is 4. The molecular weight excluding hydrogens is 393 g/mol. The van der Waals surface area contributed by atoms with Crippen molar-refractivity contribution < 1.29 is 18.0 Å². The highest BCUT2D eigenvalue weighted by atomic mass is 19.4. The second-order valence-electron chi connectivity index (χ2n) is 7.51. The lowest BCUT2D eigenvalue weighted by molar-refractivity contribution is -0.137. The monoisotopic (exact) mass is 420 g/mol. The third-order valence-electron chi connectivity index (χ3n) is 5.56. The molecule has 0 saturated carbocycles. The first kappa shape index (κ1) is 22.2. The third kappa shape index (κ3) is 5.16. The fourth-order valence-electron chi connectivity index (χ4n) is 4.00. The second-order valence-corrected chi connectivity index (χ2v) is 7.51. The number of aromatic nitrogens is 2. The number of carbonyl (C=O) groups excluding carboxylic acids is 1. The zero-order valence-corrected chi connectivity index (χ0v) is 17.3. The van der Waals surface area contributed by atoms with Crippen molar-refractivity contribution in [2.24, 2.45) is 0 Å². The van der Waals surface area contributed by atoms with Gasteiger partial charge in [0, 0.05) is 43.5 Å². The summed E-state index contributed by atoms with van der Waals surface area (Å²) in [7, 11) is 0. The summed E-state index contributed by atoms with van der Waals surface area (Å²) in [5.74, 6) is 0.111. The molecule has 1 atom stereocenters. The van der Waals surface area contributed by atoms with Crippen molar-refractivity contribution in [3.8, 4) is 11.3 Å². The van der Waals surface area contributed by atoms with Gasteiger partial charge in [0.15, 0.2) is 0 Å². The van der Waals surface area contributed by atoms with Crippen LogP contribution in [0.3, 0.4) is 0 Å². The number of halogens is 3. The molecule has 0 aliphatic carbocycles. The van der Waals surface area contributed by atoms with Crippen LogP contribution in [0.2, 0.25) is 0 Å². The zero-order valence-electron chi connectivity index (χ0n) is 17.3. The van der Waals surface area contributed by atoms with E-state index < -0.39 is 11.7 Å². The first-order valence-corrected chi connectivity index (χ1v) is 10.3. The molecule has 0 spiro atoms. The summed E-state index contributed by atoms with van der Waals surface area (Å²) in [4.78, 5) is 25.3. The van der Waals surface area contributed by atoms with Gasteiger partial charge in [-0.3, -0.25) is 19.7 Å². The fraction of sp³-hybridized carbons (Fsp3) is 0.500. The number of benzene rings is 1. The maximum Gasteiger partial charge on any atom is 0.416 e. The number of hydrogen-bond acceptors (Lipinski definition) is 4. The Kier molecular flexibility index (Phi) is 7.07. The Balaban J connectivity index is 1.83. The van der Waals surface area contributed by atoms with Gasteiger partial charge < -0.3 is 4.90 Å². The van der Waals surface area contributed by atoms with E-state index in [1.807, 2.05) is 13.8 Å². The molecule has 0 radical (unpaired) electrons. The Hall–Kier alpha value is -2.48. The van der Waals surface area contributed by atoms with Gasteiger partial charge in [0.25, 0.3) is 0 Å². The first-order chi connectivity index (χ1) is 14.3. The molecule has 1 aliphatic heterocycles. The van der Waals surface area contributed by atoms with Crippen molar-refractivity contribution in [3.05, 3.63) is 47.9 Å².